The van der Waals surface area contributed by atoms with Gasteiger partial charge in [-0.2, -0.15) is 0 Å². The summed E-state index contributed by atoms with van der Waals surface area (Å²) in [6.45, 7) is 5.56. The zero-order chi connectivity index (χ0) is 15.0. The Morgan fingerprint density at radius 1 is 1.33 bits per heavy atom. The van der Waals surface area contributed by atoms with E-state index in [1.165, 1.54) is 0 Å². The van der Waals surface area contributed by atoms with Crippen molar-refractivity contribution in [1.82, 2.24) is 19.7 Å². The van der Waals surface area contributed by atoms with E-state index in [0.29, 0.717) is 16.8 Å². The van der Waals surface area contributed by atoms with Gasteiger partial charge in [-0.1, -0.05) is 18.5 Å². The highest BCUT2D eigenvalue weighted by Gasteiger charge is 2.27. The highest BCUT2D eigenvalue weighted by molar-refractivity contribution is 6.30. The molecule has 5 nitrogen and oxygen atoms in total. The molecule has 1 fully saturated rings. The summed E-state index contributed by atoms with van der Waals surface area (Å²) in [5.74, 6) is 1.41. The molecule has 1 amide bonds. The number of hydrogen-bond donors (Lipinski definition) is 0. The molecule has 1 aliphatic heterocycles. The normalized spacial score (nSPS) is 18.2. The summed E-state index contributed by atoms with van der Waals surface area (Å²) in [6.07, 6.45) is 1.04. The van der Waals surface area contributed by atoms with Gasteiger partial charge >= 0.3 is 0 Å². The van der Waals surface area contributed by atoms with Crippen molar-refractivity contribution in [3.8, 4) is 5.69 Å². The highest BCUT2D eigenvalue weighted by Crippen LogP contribution is 2.18. The molecule has 1 atom stereocenters. The second kappa shape index (κ2) is 5.48. The number of nitrogens with zero attached hydrogens (tertiary/aromatic N) is 4. The molecule has 1 aromatic heterocycles. The van der Waals surface area contributed by atoms with Gasteiger partial charge in [-0.15, -0.1) is 5.10 Å². The lowest BCUT2D eigenvalue weighted by atomic mass is 10.2. The van der Waals surface area contributed by atoms with E-state index < -0.39 is 0 Å². The molecule has 0 spiro atoms. The molecular formula is C15H17ClN4O. The van der Waals surface area contributed by atoms with Gasteiger partial charge in [-0.05, 0) is 43.5 Å². The molecule has 0 aliphatic carbocycles. The zero-order valence-corrected chi connectivity index (χ0v) is 12.8. The first-order valence-electron chi connectivity index (χ1n) is 7.03. The number of amides is 1. The fraction of sp³-hybridized carbons (Fsp3) is 0.400. The van der Waals surface area contributed by atoms with Crippen LogP contribution in [0.25, 0.3) is 5.69 Å². The summed E-state index contributed by atoms with van der Waals surface area (Å²) in [7, 11) is 0. The third-order valence-electron chi connectivity index (χ3n) is 3.74. The Kier molecular flexibility index (Phi) is 3.68. The number of benzene rings is 1. The molecule has 6 heteroatoms. The summed E-state index contributed by atoms with van der Waals surface area (Å²) in [6, 6.07) is 7.30. The van der Waals surface area contributed by atoms with Crippen LogP contribution in [0.2, 0.25) is 5.02 Å². The van der Waals surface area contributed by atoms with Crippen LogP contribution in [0, 0.1) is 12.8 Å². The maximum absolute atomic E-state index is 12.4. The van der Waals surface area contributed by atoms with Crippen LogP contribution in [0.5, 0.6) is 0 Å². The van der Waals surface area contributed by atoms with Gasteiger partial charge in [0.15, 0.2) is 0 Å². The smallest absolute Gasteiger partial charge is 0.293 e. The van der Waals surface area contributed by atoms with Crippen LogP contribution in [0.1, 0.15) is 29.8 Å². The Bertz CT molecular complexity index is 665. The van der Waals surface area contributed by atoms with Crippen LogP contribution in [0.4, 0.5) is 0 Å². The molecule has 1 saturated heterocycles. The fourth-order valence-corrected chi connectivity index (χ4v) is 2.69. The summed E-state index contributed by atoms with van der Waals surface area (Å²) in [4.78, 5) is 18.5. The molecule has 0 N–H and O–H groups in total. The van der Waals surface area contributed by atoms with Crippen LogP contribution in [0.15, 0.2) is 24.3 Å². The molecule has 110 valence electrons. The number of carbonyl (C=O) groups is 1. The second-order valence-electron chi connectivity index (χ2n) is 5.52. The molecule has 0 radical (unpaired) electrons. The van der Waals surface area contributed by atoms with Crippen LogP contribution in [-0.4, -0.2) is 38.7 Å². The molecule has 1 unspecified atom stereocenters. The number of halogens is 1. The Hall–Kier alpha value is -1.88. The minimum absolute atomic E-state index is 0.0878. The summed E-state index contributed by atoms with van der Waals surface area (Å²) in [5.41, 5.74) is 0.846. The van der Waals surface area contributed by atoms with Crippen LogP contribution < -0.4 is 0 Å². The van der Waals surface area contributed by atoms with Crippen molar-refractivity contribution in [3.63, 3.8) is 0 Å². The lowest BCUT2D eigenvalue weighted by Gasteiger charge is -2.12. The number of hydrogen-bond acceptors (Lipinski definition) is 3. The fourth-order valence-electron chi connectivity index (χ4n) is 2.57. The average molecular weight is 305 g/mol. The van der Waals surface area contributed by atoms with E-state index in [9.17, 15) is 4.79 Å². The van der Waals surface area contributed by atoms with Gasteiger partial charge in [0.1, 0.15) is 5.82 Å². The topological polar surface area (TPSA) is 51.0 Å². The summed E-state index contributed by atoms with van der Waals surface area (Å²) < 4.78 is 1.67. The molecule has 0 bridgehead atoms. The zero-order valence-electron chi connectivity index (χ0n) is 12.1. The second-order valence-corrected chi connectivity index (χ2v) is 5.95. The van der Waals surface area contributed by atoms with Gasteiger partial charge in [0.2, 0.25) is 5.82 Å². The molecule has 0 saturated carbocycles. The van der Waals surface area contributed by atoms with Crippen LogP contribution in [0.3, 0.4) is 0 Å². The quantitative estimate of drug-likeness (QED) is 0.857. The Balaban J connectivity index is 1.87. The molecule has 3 rings (SSSR count). The predicted octanol–water partition coefficient (Wildman–Crippen LogP) is 2.71. The number of carbonyl (C=O) groups excluding carboxylic acids is 1. The van der Waals surface area contributed by atoms with E-state index in [-0.39, 0.29) is 11.7 Å². The van der Waals surface area contributed by atoms with Gasteiger partial charge in [0.25, 0.3) is 5.91 Å². The molecule has 2 aromatic rings. The van der Waals surface area contributed by atoms with Crippen molar-refractivity contribution in [1.29, 1.82) is 0 Å². The monoisotopic (exact) mass is 304 g/mol. The molecule has 21 heavy (non-hydrogen) atoms. The van der Waals surface area contributed by atoms with Gasteiger partial charge in [-0.25, -0.2) is 9.67 Å². The van der Waals surface area contributed by atoms with E-state index in [1.54, 1.807) is 16.8 Å². The van der Waals surface area contributed by atoms with E-state index in [1.807, 2.05) is 24.0 Å². The largest absolute Gasteiger partial charge is 0.336 e. The minimum Gasteiger partial charge on any atom is -0.336 e. The van der Waals surface area contributed by atoms with Crippen molar-refractivity contribution in [2.75, 3.05) is 13.1 Å². The maximum Gasteiger partial charge on any atom is 0.293 e. The van der Waals surface area contributed by atoms with Crippen molar-refractivity contribution in [3.05, 3.63) is 40.9 Å². The van der Waals surface area contributed by atoms with Crippen molar-refractivity contribution in [2.24, 2.45) is 5.92 Å². The molecule has 2 heterocycles. The average Bonchev–Trinajstić information content (AvgIpc) is 3.05. The first kappa shape index (κ1) is 14.1. The molecular weight excluding hydrogens is 288 g/mol. The maximum atomic E-state index is 12.4. The van der Waals surface area contributed by atoms with Gasteiger partial charge in [0.05, 0.1) is 5.69 Å². The van der Waals surface area contributed by atoms with Crippen molar-refractivity contribution < 1.29 is 4.79 Å². The minimum atomic E-state index is -0.0878. The van der Waals surface area contributed by atoms with Crippen LogP contribution in [-0.2, 0) is 0 Å². The lowest BCUT2D eigenvalue weighted by Crippen LogP contribution is -2.29. The highest BCUT2D eigenvalue weighted by atomic mass is 35.5. The lowest BCUT2D eigenvalue weighted by molar-refractivity contribution is 0.0776. The summed E-state index contributed by atoms with van der Waals surface area (Å²) >= 11 is 5.89. The Morgan fingerprint density at radius 2 is 2.05 bits per heavy atom. The Morgan fingerprint density at radius 3 is 2.67 bits per heavy atom. The number of aryl methyl sites for hydroxylation is 1. The molecule has 1 aromatic carbocycles. The standard InChI is InChI=1S/C15H17ClN4O/c1-10-7-8-19(9-10)15(21)14-17-11(2)20(18-14)13-5-3-12(16)4-6-13/h3-6,10H,7-9H2,1-2H3. The first-order valence-corrected chi connectivity index (χ1v) is 7.41. The first-order chi connectivity index (χ1) is 10.0. The third-order valence-corrected chi connectivity index (χ3v) is 3.99. The van der Waals surface area contributed by atoms with Crippen LogP contribution >= 0.6 is 11.6 Å². The molecule has 1 aliphatic rings. The van der Waals surface area contributed by atoms with E-state index in [2.05, 4.69) is 17.0 Å². The van der Waals surface area contributed by atoms with Crippen molar-refractivity contribution >= 4 is 17.5 Å². The number of aromatic nitrogens is 3. The summed E-state index contributed by atoms with van der Waals surface area (Å²) in [5, 5.41) is 5.02. The van der Waals surface area contributed by atoms with Crippen molar-refractivity contribution in [2.45, 2.75) is 20.3 Å². The van der Waals surface area contributed by atoms with E-state index in [0.717, 1.165) is 25.2 Å². The number of rotatable bonds is 2. The number of likely N-dealkylation sites (tertiary alicyclic amines) is 1. The predicted molar refractivity (Wildman–Crippen MR) is 80.8 cm³/mol. The Labute approximate surface area is 128 Å². The van der Waals surface area contributed by atoms with Gasteiger partial charge in [-0.3, -0.25) is 4.79 Å². The SMILES string of the molecule is Cc1nc(C(=O)N2CCC(C)C2)nn1-c1ccc(Cl)cc1. The van der Waals surface area contributed by atoms with E-state index in [4.69, 9.17) is 11.6 Å². The third kappa shape index (κ3) is 2.78. The van der Waals surface area contributed by atoms with Gasteiger partial charge < -0.3 is 4.90 Å². The van der Waals surface area contributed by atoms with Gasteiger partial charge in [0, 0.05) is 18.1 Å². The van der Waals surface area contributed by atoms with E-state index >= 15 is 0 Å².